The Morgan fingerprint density at radius 2 is 1.96 bits per heavy atom. The first-order valence-electron chi connectivity index (χ1n) is 8.11. The minimum atomic E-state index is -0.474. The first-order valence-corrected chi connectivity index (χ1v) is 10.0. The zero-order chi connectivity index (χ0) is 18.1. The highest BCUT2D eigenvalue weighted by Gasteiger charge is 2.17. The Labute approximate surface area is 163 Å². The number of amides is 1. The molecule has 0 aliphatic rings. The van der Waals surface area contributed by atoms with Gasteiger partial charge in [0.15, 0.2) is 6.10 Å². The summed E-state index contributed by atoms with van der Waals surface area (Å²) in [6.07, 6.45) is 0.145. The van der Waals surface area contributed by atoms with Crippen molar-refractivity contribution in [1.29, 1.82) is 0 Å². The van der Waals surface area contributed by atoms with Gasteiger partial charge in [0, 0.05) is 28.1 Å². The van der Waals surface area contributed by atoms with Crippen LogP contribution in [0.4, 0.5) is 0 Å². The molecule has 2 rings (SSSR count). The number of ether oxygens (including phenoxy) is 1. The van der Waals surface area contributed by atoms with E-state index >= 15 is 0 Å². The largest absolute Gasteiger partial charge is 0.481 e. The lowest BCUT2D eigenvalue weighted by atomic mass is 10.2. The fourth-order valence-electron chi connectivity index (χ4n) is 2.17. The Balaban J connectivity index is 1.70. The van der Waals surface area contributed by atoms with Crippen molar-refractivity contribution in [1.82, 2.24) is 5.32 Å². The maximum absolute atomic E-state index is 12.2. The lowest BCUT2D eigenvalue weighted by molar-refractivity contribution is -0.127. The van der Waals surface area contributed by atoms with Crippen LogP contribution in [0.2, 0.25) is 10.0 Å². The van der Waals surface area contributed by atoms with E-state index in [9.17, 15) is 4.79 Å². The maximum Gasteiger partial charge on any atom is 0.261 e. The van der Waals surface area contributed by atoms with Crippen molar-refractivity contribution in [3.05, 3.63) is 64.1 Å². The molecule has 1 N–H and O–H groups in total. The summed E-state index contributed by atoms with van der Waals surface area (Å²) in [4.78, 5) is 12.2. The molecule has 0 aliphatic heterocycles. The van der Waals surface area contributed by atoms with Gasteiger partial charge >= 0.3 is 0 Å². The summed E-state index contributed by atoms with van der Waals surface area (Å²) >= 11 is 13.7. The number of rotatable bonds is 9. The SMILES string of the molecule is CC[C@H](Oc1ccccc1)C(=O)NCCSCc1ccc(Cl)cc1Cl. The molecular weight excluding hydrogens is 377 g/mol. The van der Waals surface area contributed by atoms with Gasteiger partial charge in [-0.3, -0.25) is 4.79 Å². The molecule has 0 bridgehead atoms. The molecule has 0 unspecified atom stereocenters. The van der Waals surface area contributed by atoms with Gasteiger partial charge < -0.3 is 10.1 Å². The van der Waals surface area contributed by atoms with Crippen LogP contribution in [0.1, 0.15) is 18.9 Å². The second kappa shape index (κ2) is 10.6. The number of thioether (sulfide) groups is 1. The minimum Gasteiger partial charge on any atom is -0.481 e. The van der Waals surface area contributed by atoms with Gasteiger partial charge in [0.05, 0.1) is 0 Å². The first-order chi connectivity index (χ1) is 12.1. The number of benzene rings is 2. The lowest BCUT2D eigenvalue weighted by Gasteiger charge is -2.17. The van der Waals surface area contributed by atoms with E-state index in [4.69, 9.17) is 27.9 Å². The average molecular weight is 398 g/mol. The van der Waals surface area contributed by atoms with E-state index in [-0.39, 0.29) is 5.91 Å². The van der Waals surface area contributed by atoms with Crippen molar-refractivity contribution in [2.24, 2.45) is 0 Å². The van der Waals surface area contributed by atoms with Crippen LogP contribution in [0.15, 0.2) is 48.5 Å². The number of para-hydroxylation sites is 1. The number of carbonyl (C=O) groups is 1. The highest BCUT2D eigenvalue weighted by molar-refractivity contribution is 7.98. The van der Waals surface area contributed by atoms with Crippen LogP contribution in [0.3, 0.4) is 0 Å². The van der Waals surface area contributed by atoms with Crippen LogP contribution in [0.25, 0.3) is 0 Å². The molecule has 0 saturated carbocycles. The van der Waals surface area contributed by atoms with Gasteiger partial charge in [0.2, 0.25) is 0 Å². The third kappa shape index (κ3) is 6.81. The predicted octanol–water partition coefficient (Wildman–Crippen LogP) is 5.20. The van der Waals surface area contributed by atoms with Gasteiger partial charge in [0.1, 0.15) is 5.75 Å². The van der Waals surface area contributed by atoms with E-state index < -0.39 is 6.10 Å². The van der Waals surface area contributed by atoms with Gasteiger partial charge in [-0.15, -0.1) is 0 Å². The van der Waals surface area contributed by atoms with Crippen LogP contribution in [0, 0.1) is 0 Å². The van der Waals surface area contributed by atoms with Crippen molar-refractivity contribution in [2.75, 3.05) is 12.3 Å². The van der Waals surface area contributed by atoms with Crippen molar-refractivity contribution in [3.8, 4) is 5.75 Å². The molecule has 3 nitrogen and oxygen atoms in total. The van der Waals surface area contributed by atoms with Gasteiger partial charge in [-0.25, -0.2) is 0 Å². The van der Waals surface area contributed by atoms with Crippen LogP contribution in [0.5, 0.6) is 5.75 Å². The molecule has 0 spiro atoms. The number of hydrogen-bond acceptors (Lipinski definition) is 3. The van der Waals surface area contributed by atoms with Crippen LogP contribution in [-0.2, 0) is 10.5 Å². The van der Waals surface area contributed by atoms with Gasteiger partial charge in [-0.05, 0) is 36.2 Å². The van der Waals surface area contributed by atoms with E-state index in [0.717, 1.165) is 17.1 Å². The van der Waals surface area contributed by atoms with Gasteiger partial charge in [-0.2, -0.15) is 11.8 Å². The molecule has 25 heavy (non-hydrogen) atoms. The summed E-state index contributed by atoms with van der Waals surface area (Å²) in [6.45, 7) is 2.52. The molecule has 1 atom stereocenters. The number of hydrogen-bond donors (Lipinski definition) is 1. The molecule has 0 radical (unpaired) electrons. The summed E-state index contributed by atoms with van der Waals surface area (Å²) < 4.78 is 5.73. The fraction of sp³-hybridized carbons (Fsp3) is 0.316. The normalized spacial score (nSPS) is 11.8. The summed E-state index contributed by atoms with van der Waals surface area (Å²) in [5, 5.41) is 4.23. The third-order valence-corrected chi connectivity index (χ3v) is 5.10. The highest BCUT2D eigenvalue weighted by Crippen LogP contribution is 2.24. The summed E-state index contributed by atoms with van der Waals surface area (Å²) in [5.74, 6) is 2.20. The molecule has 6 heteroatoms. The monoisotopic (exact) mass is 397 g/mol. The van der Waals surface area contributed by atoms with Crippen LogP contribution >= 0.6 is 35.0 Å². The predicted molar refractivity (Wildman–Crippen MR) is 107 cm³/mol. The second-order valence-electron chi connectivity index (χ2n) is 5.41. The average Bonchev–Trinajstić information content (AvgIpc) is 2.61. The smallest absolute Gasteiger partial charge is 0.261 e. The van der Waals surface area contributed by atoms with E-state index in [1.165, 1.54) is 0 Å². The third-order valence-electron chi connectivity index (χ3n) is 3.50. The Hall–Kier alpha value is -1.36. The Kier molecular flexibility index (Phi) is 8.45. The Morgan fingerprint density at radius 3 is 2.64 bits per heavy atom. The molecule has 0 fully saturated rings. The first kappa shape index (κ1) is 20.0. The molecule has 1 amide bonds. The maximum atomic E-state index is 12.2. The molecular formula is C19H21Cl2NO2S. The Bertz CT molecular complexity index is 682. The topological polar surface area (TPSA) is 38.3 Å². The standard InChI is InChI=1S/C19H21Cl2NO2S/c1-2-18(24-16-6-4-3-5-7-16)19(23)22-10-11-25-13-14-8-9-15(20)12-17(14)21/h3-9,12,18H,2,10-11,13H2,1H3,(H,22,23)/t18-/m0/s1. The molecule has 2 aromatic rings. The molecule has 0 saturated heterocycles. The quantitative estimate of drug-likeness (QED) is 0.590. The summed E-state index contributed by atoms with van der Waals surface area (Å²) in [6, 6.07) is 14.9. The zero-order valence-electron chi connectivity index (χ0n) is 14.0. The minimum absolute atomic E-state index is 0.0866. The van der Waals surface area contributed by atoms with Crippen molar-refractivity contribution >= 4 is 40.9 Å². The number of halogens is 2. The van der Waals surface area contributed by atoms with Crippen molar-refractivity contribution < 1.29 is 9.53 Å². The Morgan fingerprint density at radius 1 is 1.20 bits per heavy atom. The van der Waals surface area contributed by atoms with Crippen LogP contribution in [-0.4, -0.2) is 24.3 Å². The van der Waals surface area contributed by atoms with Gasteiger partial charge in [0.25, 0.3) is 5.91 Å². The van der Waals surface area contributed by atoms with E-state index in [2.05, 4.69) is 5.32 Å². The second-order valence-corrected chi connectivity index (χ2v) is 7.36. The van der Waals surface area contributed by atoms with E-state index in [1.54, 1.807) is 17.8 Å². The molecule has 0 aliphatic carbocycles. The lowest BCUT2D eigenvalue weighted by Crippen LogP contribution is -2.39. The van der Waals surface area contributed by atoms with Gasteiger partial charge in [-0.1, -0.05) is 54.4 Å². The molecule has 0 heterocycles. The zero-order valence-corrected chi connectivity index (χ0v) is 16.3. The van der Waals surface area contributed by atoms with E-state index in [1.807, 2.05) is 49.4 Å². The molecule has 2 aromatic carbocycles. The number of nitrogens with one attached hydrogen (secondary N) is 1. The highest BCUT2D eigenvalue weighted by atomic mass is 35.5. The summed E-state index contributed by atoms with van der Waals surface area (Å²) in [5.41, 5.74) is 1.04. The van der Waals surface area contributed by atoms with Crippen molar-refractivity contribution in [3.63, 3.8) is 0 Å². The number of carbonyl (C=O) groups excluding carboxylic acids is 1. The van der Waals surface area contributed by atoms with Crippen molar-refractivity contribution in [2.45, 2.75) is 25.2 Å². The molecule has 134 valence electrons. The fourth-order valence-corrected chi connectivity index (χ4v) is 3.58. The van der Waals surface area contributed by atoms with E-state index in [0.29, 0.717) is 28.8 Å². The molecule has 0 aromatic heterocycles. The van der Waals surface area contributed by atoms with Crippen LogP contribution < -0.4 is 10.1 Å². The summed E-state index contributed by atoms with van der Waals surface area (Å²) in [7, 11) is 0.